The third-order valence-electron chi connectivity index (χ3n) is 3.12. The molecule has 2 rings (SSSR count). The second-order valence-electron chi connectivity index (χ2n) is 4.95. The number of benzene rings is 1. The predicted octanol–water partition coefficient (Wildman–Crippen LogP) is 3.74. The number of anilines is 1. The molecule has 0 aliphatic heterocycles. The van der Waals surface area contributed by atoms with Crippen molar-refractivity contribution in [1.29, 1.82) is 0 Å². The first-order chi connectivity index (χ1) is 9.61. The molecule has 0 atom stereocenters. The summed E-state index contributed by atoms with van der Waals surface area (Å²) in [5.74, 6) is -0.0692. The Morgan fingerprint density at radius 2 is 1.95 bits per heavy atom. The third kappa shape index (κ3) is 3.26. The average Bonchev–Trinajstić information content (AvgIpc) is 2.86. The number of carbonyl (C=O) groups is 1. The van der Waals surface area contributed by atoms with E-state index >= 15 is 0 Å². The van der Waals surface area contributed by atoms with E-state index in [0.29, 0.717) is 18.1 Å². The van der Waals surface area contributed by atoms with Gasteiger partial charge in [0.1, 0.15) is 6.26 Å². The van der Waals surface area contributed by atoms with Gasteiger partial charge in [0, 0.05) is 12.1 Å². The van der Waals surface area contributed by atoms with E-state index in [1.54, 1.807) is 11.2 Å². The van der Waals surface area contributed by atoms with Gasteiger partial charge < -0.3 is 4.42 Å². The van der Waals surface area contributed by atoms with Crippen LogP contribution in [0.4, 0.5) is 6.01 Å². The van der Waals surface area contributed by atoms with Crippen LogP contribution < -0.4 is 4.90 Å². The molecule has 4 heteroatoms. The molecule has 1 aromatic carbocycles. The van der Waals surface area contributed by atoms with Crippen molar-refractivity contribution < 1.29 is 9.21 Å². The molecule has 0 bridgehead atoms. The van der Waals surface area contributed by atoms with E-state index in [2.05, 4.69) is 11.9 Å². The quantitative estimate of drug-likeness (QED) is 0.833. The summed E-state index contributed by atoms with van der Waals surface area (Å²) < 4.78 is 5.38. The first kappa shape index (κ1) is 14.3. The van der Waals surface area contributed by atoms with Crippen LogP contribution in [0, 0.1) is 13.8 Å². The number of unbranched alkanes of at least 4 members (excludes halogenated alkanes) is 1. The number of carbonyl (C=O) groups excluding carboxylic acids is 1. The van der Waals surface area contributed by atoms with Gasteiger partial charge in [-0.2, -0.15) is 4.98 Å². The second-order valence-corrected chi connectivity index (χ2v) is 4.95. The lowest BCUT2D eigenvalue weighted by molar-refractivity contribution is 0.0981. The molecule has 1 amide bonds. The van der Waals surface area contributed by atoms with E-state index in [4.69, 9.17) is 4.42 Å². The number of rotatable bonds is 5. The minimum absolute atomic E-state index is 0.0692. The maximum atomic E-state index is 12.6. The fourth-order valence-corrected chi connectivity index (χ4v) is 1.92. The van der Waals surface area contributed by atoms with Crippen molar-refractivity contribution in [3.8, 4) is 0 Å². The molecule has 0 saturated heterocycles. The lowest BCUT2D eigenvalue weighted by Crippen LogP contribution is -2.32. The molecule has 1 aromatic heterocycles. The van der Waals surface area contributed by atoms with E-state index in [-0.39, 0.29) is 5.91 Å². The van der Waals surface area contributed by atoms with Gasteiger partial charge in [0.2, 0.25) is 0 Å². The third-order valence-corrected chi connectivity index (χ3v) is 3.12. The number of amides is 1. The molecule has 4 nitrogen and oxygen atoms in total. The van der Waals surface area contributed by atoms with Crippen LogP contribution in [0.1, 0.15) is 41.4 Å². The molecule has 0 radical (unpaired) electrons. The highest BCUT2D eigenvalue weighted by Crippen LogP contribution is 2.17. The summed E-state index contributed by atoms with van der Waals surface area (Å²) in [4.78, 5) is 18.5. The van der Waals surface area contributed by atoms with Gasteiger partial charge >= 0.3 is 6.01 Å². The van der Waals surface area contributed by atoms with Crippen LogP contribution in [-0.2, 0) is 0 Å². The summed E-state index contributed by atoms with van der Waals surface area (Å²) in [5.41, 5.74) is 2.56. The van der Waals surface area contributed by atoms with Crippen molar-refractivity contribution in [1.82, 2.24) is 4.98 Å². The van der Waals surface area contributed by atoms with E-state index in [1.807, 2.05) is 38.1 Å². The summed E-state index contributed by atoms with van der Waals surface area (Å²) in [6.07, 6.45) is 3.49. The van der Waals surface area contributed by atoms with Crippen LogP contribution >= 0.6 is 0 Å². The van der Waals surface area contributed by atoms with Crippen molar-refractivity contribution in [3.63, 3.8) is 0 Å². The highest BCUT2D eigenvalue weighted by molar-refractivity contribution is 6.04. The first-order valence-electron chi connectivity index (χ1n) is 6.92. The van der Waals surface area contributed by atoms with Crippen LogP contribution in [0.5, 0.6) is 0 Å². The summed E-state index contributed by atoms with van der Waals surface area (Å²) >= 11 is 0. The Labute approximate surface area is 119 Å². The van der Waals surface area contributed by atoms with Gasteiger partial charge in [0.05, 0.1) is 5.69 Å². The van der Waals surface area contributed by atoms with Crippen molar-refractivity contribution in [2.24, 2.45) is 0 Å². The second kappa shape index (κ2) is 6.37. The van der Waals surface area contributed by atoms with E-state index in [9.17, 15) is 4.79 Å². The van der Waals surface area contributed by atoms with E-state index < -0.39 is 0 Å². The molecule has 20 heavy (non-hydrogen) atoms. The molecule has 0 saturated carbocycles. The van der Waals surface area contributed by atoms with Crippen LogP contribution in [0.2, 0.25) is 0 Å². The van der Waals surface area contributed by atoms with Crippen molar-refractivity contribution >= 4 is 11.9 Å². The van der Waals surface area contributed by atoms with Gasteiger partial charge in [0.15, 0.2) is 0 Å². The fraction of sp³-hybridized carbons (Fsp3) is 0.375. The highest BCUT2D eigenvalue weighted by Gasteiger charge is 2.21. The SMILES string of the molecule is CCCCN(C(=O)c1ccc(C)cc1)c1nc(C)co1. The Balaban J connectivity index is 2.26. The monoisotopic (exact) mass is 272 g/mol. The molecule has 0 spiro atoms. The maximum absolute atomic E-state index is 12.6. The largest absolute Gasteiger partial charge is 0.431 e. The molecule has 2 aromatic rings. The molecular weight excluding hydrogens is 252 g/mol. The number of aromatic nitrogens is 1. The minimum Gasteiger partial charge on any atom is -0.431 e. The smallest absolute Gasteiger partial charge is 0.304 e. The van der Waals surface area contributed by atoms with Crippen molar-refractivity contribution in [3.05, 3.63) is 47.3 Å². The zero-order valence-electron chi connectivity index (χ0n) is 12.2. The zero-order chi connectivity index (χ0) is 14.5. The van der Waals surface area contributed by atoms with Crippen LogP contribution in [0.15, 0.2) is 34.9 Å². The molecule has 0 unspecified atom stereocenters. The molecule has 106 valence electrons. The van der Waals surface area contributed by atoms with E-state index in [1.165, 1.54) is 0 Å². The van der Waals surface area contributed by atoms with Crippen molar-refractivity contribution in [2.75, 3.05) is 11.4 Å². The number of hydrogen-bond acceptors (Lipinski definition) is 3. The highest BCUT2D eigenvalue weighted by atomic mass is 16.4. The zero-order valence-corrected chi connectivity index (χ0v) is 12.2. The lowest BCUT2D eigenvalue weighted by Gasteiger charge is -2.18. The van der Waals surface area contributed by atoms with Gasteiger partial charge in [-0.15, -0.1) is 0 Å². The van der Waals surface area contributed by atoms with Crippen LogP contribution in [-0.4, -0.2) is 17.4 Å². The minimum atomic E-state index is -0.0692. The van der Waals surface area contributed by atoms with Crippen LogP contribution in [0.3, 0.4) is 0 Å². The van der Waals surface area contributed by atoms with Gasteiger partial charge in [-0.05, 0) is 32.4 Å². The van der Waals surface area contributed by atoms with Crippen molar-refractivity contribution in [2.45, 2.75) is 33.6 Å². The van der Waals surface area contributed by atoms with Gasteiger partial charge in [0.25, 0.3) is 5.91 Å². The normalized spacial score (nSPS) is 10.6. The number of hydrogen-bond donors (Lipinski definition) is 0. The Hall–Kier alpha value is -2.10. The topological polar surface area (TPSA) is 46.3 Å². The first-order valence-corrected chi connectivity index (χ1v) is 6.92. The maximum Gasteiger partial charge on any atom is 0.304 e. The lowest BCUT2D eigenvalue weighted by atomic mass is 10.1. The Morgan fingerprint density at radius 3 is 2.50 bits per heavy atom. The Morgan fingerprint density at radius 1 is 1.25 bits per heavy atom. The molecule has 0 aliphatic rings. The van der Waals surface area contributed by atoms with Gasteiger partial charge in [-0.3, -0.25) is 9.69 Å². The summed E-state index contributed by atoms with van der Waals surface area (Å²) in [6, 6.07) is 7.93. The fourth-order valence-electron chi connectivity index (χ4n) is 1.92. The molecule has 1 heterocycles. The Bertz CT molecular complexity index is 572. The van der Waals surface area contributed by atoms with Crippen LogP contribution in [0.25, 0.3) is 0 Å². The Kier molecular flexibility index (Phi) is 4.56. The number of nitrogens with zero attached hydrogens (tertiary/aromatic N) is 2. The summed E-state index contributed by atoms with van der Waals surface area (Å²) in [5, 5.41) is 0. The van der Waals surface area contributed by atoms with Gasteiger partial charge in [-0.1, -0.05) is 31.0 Å². The number of aryl methyl sites for hydroxylation is 2. The summed E-state index contributed by atoms with van der Waals surface area (Å²) in [6.45, 7) is 6.56. The van der Waals surface area contributed by atoms with Gasteiger partial charge in [-0.25, -0.2) is 0 Å². The van der Waals surface area contributed by atoms with E-state index in [0.717, 1.165) is 24.1 Å². The average molecular weight is 272 g/mol. The molecular formula is C16H20N2O2. The molecule has 0 fully saturated rings. The molecule has 0 aliphatic carbocycles. The standard InChI is InChI=1S/C16H20N2O2/c1-4-5-10-18(16-17-13(3)11-20-16)15(19)14-8-6-12(2)7-9-14/h6-9,11H,4-5,10H2,1-3H3. The summed E-state index contributed by atoms with van der Waals surface area (Å²) in [7, 11) is 0. The number of oxazole rings is 1. The predicted molar refractivity (Wildman–Crippen MR) is 79.0 cm³/mol. The molecule has 0 N–H and O–H groups in total.